The Hall–Kier alpha value is -1.11. The molecular formula is C14H21NO4S. The van der Waals surface area contributed by atoms with Gasteiger partial charge in [-0.1, -0.05) is 0 Å². The number of sulfonamides is 1. The maximum absolute atomic E-state index is 12.6. The Balaban J connectivity index is 2.21. The highest BCUT2D eigenvalue weighted by Crippen LogP contribution is 2.23. The van der Waals surface area contributed by atoms with E-state index < -0.39 is 10.0 Å². The summed E-state index contributed by atoms with van der Waals surface area (Å²) >= 11 is 0. The minimum atomic E-state index is -3.46. The lowest BCUT2D eigenvalue weighted by Crippen LogP contribution is -2.48. The summed E-state index contributed by atoms with van der Waals surface area (Å²) in [5.41, 5.74) is 0. The molecule has 2 rings (SSSR count). The van der Waals surface area contributed by atoms with Gasteiger partial charge in [0.15, 0.2) is 0 Å². The van der Waals surface area contributed by atoms with Gasteiger partial charge in [-0.15, -0.1) is 0 Å². The Labute approximate surface area is 120 Å². The number of benzene rings is 1. The van der Waals surface area contributed by atoms with Crippen LogP contribution in [-0.2, 0) is 14.8 Å². The molecule has 6 heteroatoms. The predicted octanol–water partition coefficient (Wildman–Crippen LogP) is 1.88. The first-order chi connectivity index (χ1) is 9.43. The zero-order valence-electron chi connectivity index (χ0n) is 12.1. The first-order valence-corrected chi connectivity index (χ1v) is 8.26. The Kier molecular flexibility index (Phi) is 4.67. The highest BCUT2D eigenvalue weighted by Gasteiger charge is 2.32. The van der Waals surface area contributed by atoms with Gasteiger partial charge in [0.05, 0.1) is 23.7 Å². The Bertz CT molecular complexity index is 531. The van der Waals surface area contributed by atoms with Crippen molar-refractivity contribution in [2.24, 2.45) is 0 Å². The van der Waals surface area contributed by atoms with Crippen LogP contribution in [0.2, 0.25) is 0 Å². The normalized spacial score (nSPS) is 24.6. The Morgan fingerprint density at radius 2 is 1.75 bits per heavy atom. The second-order valence-corrected chi connectivity index (χ2v) is 6.92. The van der Waals surface area contributed by atoms with Crippen LogP contribution in [0.5, 0.6) is 5.75 Å². The maximum atomic E-state index is 12.6. The molecule has 1 heterocycles. The van der Waals surface area contributed by atoms with Crippen molar-refractivity contribution in [3.63, 3.8) is 0 Å². The smallest absolute Gasteiger partial charge is 0.243 e. The standard InChI is InChI=1S/C14H21NO4S/c1-4-18-13-5-7-14(8-6-13)20(16,17)15-9-11(2)19-12(3)10-15/h5-8,11-12H,4,9-10H2,1-3H3/t11-,12-/m1/s1. The third-order valence-electron chi connectivity index (χ3n) is 3.16. The van der Waals surface area contributed by atoms with Crippen molar-refractivity contribution >= 4 is 10.0 Å². The first kappa shape index (κ1) is 15.3. The molecule has 0 amide bonds. The van der Waals surface area contributed by atoms with Gasteiger partial charge in [-0.3, -0.25) is 0 Å². The summed E-state index contributed by atoms with van der Waals surface area (Å²) in [6, 6.07) is 6.55. The van der Waals surface area contributed by atoms with Gasteiger partial charge in [0, 0.05) is 13.1 Å². The summed E-state index contributed by atoms with van der Waals surface area (Å²) in [6.45, 7) is 7.00. The van der Waals surface area contributed by atoms with E-state index >= 15 is 0 Å². The summed E-state index contributed by atoms with van der Waals surface area (Å²) in [4.78, 5) is 0.294. The third kappa shape index (κ3) is 3.31. The number of hydrogen-bond donors (Lipinski definition) is 0. The van der Waals surface area contributed by atoms with E-state index in [4.69, 9.17) is 9.47 Å². The molecule has 1 aromatic rings. The summed E-state index contributed by atoms with van der Waals surface area (Å²) in [5, 5.41) is 0. The minimum Gasteiger partial charge on any atom is -0.494 e. The molecule has 1 aliphatic heterocycles. The van der Waals surface area contributed by atoms with Gasteiger partial charge >= 0.3 is 0 Å². The summed E-state index contributed by atoms with van der Waals surface area (Å²) in [7, 11) is -3.46. The number of nitrogens with zero attached hydrogens (tertiary/aromatic N) is 1. The molecule has 1 fully saturated rings. The zero-order chi connectivity index (χ0) is 14.8. The molecule has 0 aromatic heterocycles. The fourth-order valence-corrected chi connectivity index (χ4v) is 3.94. The van der Waals surface area contributed by atoms with Crippen LogP contribution in [0.15, 0.2) is 29.2 Å². The molecule has 0 aliphatic carbocycles. The van der Waals surface area contributed by atoms with Crippen molar-refractivity contribution in [1.82, 2.24) is 4.31 Å². The summed E-state index contributed by atoms with van der Waals surface area (Å²) in [6.07, 6.45) is -0.174. The predicted molar refractivity (Wildman–Crippen MR) is 76.4 cm³/mol. The van der Waals surface area contributed by atoms with Gasteiger partial charge < -0.3 is 9.47 Å². The van der Waals surface area contributed by atoms with Crippen molar-refractivity contribution in [3.05, 3.63) is 24.3 Å². The number of rotatable bonds is 4. The zero-order valence-corrected chi connectivity index (χ0v) is 12.9. The van der Waals surface area contributed by atoms with Crippen LogP contribution in [0.4, 0.5) is 0 Å². The number of hydrogen-bond acceptors (Lipinski definition) is 4. The molecule has 1 saturated heterocycles. The third-order valence-corrected chi connectivity index (χ3v) is 5.00. The van der Waals surface area contributed by atoms with E-state index in [1.54, 1.807) is 24.3 Å². The van der Waals surface area contributed by atoms with Gasteiger partial charge in [-0.05, 0) is 45.0 Å². The van der Waals surface area contributed by atoms with Gasteiger partial charge in [0.1, 0.15) is 5.75 Å². The molecule has 1 aliphatic rings. The molecule has 20 heavy (non-hydrogen) atoms. The fourth-order valence-electron chi connectivity index (χ4n) is 2.35. The van der Waals surface area contributed by atoms with Crippen LogP contribution < -0.4 is 4.74 Å². The molecule has 112 valence electrons. The van der Waals surface area contributed by atoms with Crippen LogP contribution in [0.3, 0.4) is 0 Å². The topological polar surface area (TPSA) is 55.8 Å². The summed E-state index contributed by atoms with van der Waals surface area (Å²) in [5.74, 6) is 0.676. The summed E-state index contributed by atoms with van der Waals surface area (Å²) < 4.78 is 37.5. The quantitative estimate of drug-likeness (QED) is 0.852. The molecule has 0 bridgehead atoms. The van der Waals surface area contributed by atoms with Crippen LogP contribution in [0, 0.1) is 0 Å². The van der Waals surface area contributed by atoms with E-state index in [9.17, 15) is 8.42 Å². The van der Waals surface area contributed by atoms with E-state index in [-0.39, 0.29) is 12.2 Å². The SMILES string of the molecule is CCOc1ccc(S(=O)(=O)N2C[C@@H](C)O[C@H](C)C2)cc1. The molecule has 0 saturated carbocycles. The Morgan fingerprint density at radius 1 is 1.20 bits per heavy atom. The second kappa shape index (κ2) is 6.11. The molecule has 2 atom stereocenters. The van der Waals surface area contributed by atoms with Crippen molar-refractivity contribution in [2.45, 2.75) is 37.9 Å². The lowest BCUT2D eigenvalue weighted by Gasteiger charge is -2.34. The van der Waals surface area contributed by atoms with Crippen LogP contribution in [0.1, 0.15) is 20.8 Å². The molecule has 0 radical (unpaired) electrons. The van der Waals surface area contributed by atoms with E-state index in [1.807, 2.05) is 20.8 Å². The Morgan fingerprint density at radius 3 is 2.25 bits per heavy atom. The number of ether oxygens (including phenoxy) is 2. The molecule has 0 spiro atoms. The van der Waals surface area contributed by atoms with Gasteiger partial charge in [0.25, 0.3) is 0 Å². The average Bonchev–Trinajstić information content (AvgIpc) is 2.38. The fraction of sp³-hybridized carbons (Fsp3) is 0.571. The van der Waals surface area contributed by atoms with Crippen LogP contribution in [-0.4, -0.2) is 44.6 Å². The van der Waals surface area contributed by atoms with E-state index in [1.165, 1.54) is 4.31 Å². The van der Waals surface area contributed by atoms with Crippen molar-refractivity contribution in [3.8, 4) is 5.75 Å². The highest BCUT2D eigenvalue weighted by atomic mass is 32.2. The molecule has 1 aromatic carbocycles. The lowest BCUT2D eigenvalue weighted by atomic mass is 10.3. The molecular weight excluding hydrogens is 278 g/mol. The van der Waals surface area contributed by atoms with Gasteiger partial charge in [-0.25, -0.2) is 8.42 Å². The van der Waals surface area contributed by atoms with Crippen molar-refractivity contribution in [1.29, 1.82) is 0 Å². The van der Waals surface area contributed by atoms with Crippen molar-refractivity contribution in [2.75, 3.05) is 19.7 Å². The maximum Gasteiger partial charge on any atom is 0.243 e. The van der Waals surface area contributed by atoms with Crippen molar-refractivity contribution < 1.29 is 17.9 Å². The largest absolute Gasteiger partial charge is 0.494 e. The molecule has 5 nitrogen and oxygen atoms in total. The van der Waals surface area contributed by atoms with Crippen LogP contribution in [0.25, 0.3) is 0 Å². The lowest BCUT2D eigenvalue weighted by molar-refractivity contribution is -0.0440. The first-order valence-electron chi connectivity index (χ1n) is 6.82. The van der Waals surface area contributed by atoms with E-state index in [0.717, 1.165) is 0 Å². The highest BCUT2D eigenvalue weighted by molar-refractivity contribution is 7.89. The van der Waals surface area contributed by atoms with Crippen LogP contribution >= 0.6 is 0 Å². The molecule has 0 unspecified atom stereocenters. The second-order valence-electron chi connectivity index (χ2n) is 4.98. The minimum absolute atomic E-state index is 0.0868. The van der Waals surface area contributed by atoms with E-state index in [2.05, 4.69) is 0 Å². The van der Waals surface area contributed by atoms with E-state index in [0.29, 0.717) is 30.3 Å². The average molecular weight is 299 g/mol. The number of morpholine rings is 1. The van der Waals surface area contributed by atoms with Gasteiger partial charge in [0.2, 0.25) is 10.0 Å². The molecule has 0 N–H and O–H groups in total. The monoisotopic (exact) mass is 299 g/mol. The van der Waals surface area contributed by atoms with Gasteiger partial charge in [-0.2, -0.15) is 4.31 Å².